The van der Waals surface area contributed by atoms with Crippen molar-refractivity contribution in [2.45, 2.75) is 26.8 Å². The topological polar surface area (TPSA) is 134 Å². The number of hydrogen-bond donors (Lipinski definition) is 4. The van der Waals surface area contributed by atoms with E-state index in [9.17, 15) is 14.7 Å². The number of ether oxygens (including phenoxy) is 1. The second-order valence-electron chi connectivity index (χ2n) is 8.18. The standard InChI is InChI=1S/C26H31N5O4/c1-5-12-31(23(32)14-29-26(34)35-4)15-22-28-13-21(30-22)20-11-10-19(24(27)25(20)33)18-8-6-17(7-9-18)16(2)3/h6-11,13,33H,2,5,12,14-15,27H2,1,3-4H3,(H,28,30)(H,29,34). The summed E-state index contributed by atoms with van der Waals surface area (Å²) in [6.07, 6.45) is 1.66. The lowest BCUT2D eigenvalue weighted by molar-refractivity contribution is -0.130. The highest BCUT2D eigenvalue weighted by Crippen LogP contribution is 2.40. The third-order valence-electron chi connectivity index (χ3n) is 5.58. The van der Waals surface area contributed by atoms with E-state index in [1.54, 1.807) is 17.2 Å². The number of aromatic amines is 1. The Morgan fingerprint density at radius 1 is 1.20 bits per heavy atom. The van der Waals surface area contributed by atoms with Crippen LogP contribution in [0.15, 0.2) is 49.2 Å². The first-order chi connectivity index (χ1) is 16.7. The van der Waals surface area contributed by atoms with E-state index in [4.69, 9.17) is 5.73 Å². The van der Waals surface area contributed by atoms with Gasteiger partial charge in [0.1, 0.15) is 18.1 Å². The van der Waals surface area contributed by atoms with Crippen molar-refractivity contribution in [3.8, 4) is 28.1 Å². The molecule has 2 amide bonds. The second-order valence-corrected chi connectivity index (χ2v) is 8.18. The number of allylic oxidation sites excluding steroid dienone is 1. The van der Waals surface area contributed by atoms with Crippen LogP contribution in [0.5, 0.6) is 5.75 Å². The van der Waals surface area contributed by atoms with E-state index in [1.807, 2.05) is 44.2 Å². The Bertz CT molecular complexity index is 1220. The van der Waals surface area contributed by atoms with E-state index in [-0.39, 0.29) is 30.4 Å². The van der Waals surface area contributed by atoms with Crippen molar-refractivity contribution in [1.29, 1.82) is 0 Å². The van der Waals surface area contributed by atoms with Gasteiger partial charge in [0.25, 0.3) is 0 Å². The molecule has 0 aliphatic carbocycles. The van der Waals surface area contributed by atoms with E-state index in [1.165, 1.54) is 7.11 Å². The van der Waals surface area contributed by atoms with Crippen LogP contribution in [-0.4, -0.2) is 52.2 Å². The monoisotopic (exact) mass is 477 g/mol. The van der Waals surface area contributed by atoms with Gasteiger partial charge in [-0.2, -0.15) is 0 Å². The molecule has 184 valence electrons. The maximum atomic E-state index is 12.5. The highest BCUT2D eigenvalue weighted by molar-refractivity contribution is 5.87. The van der Waals surface area contributed by atoms with Gasteiger partial charge in [0.15, 0.2) is 0 Å². The van der Waals surface area contributed by atoms with E-state index in [0.29, 0.717) is 23.6 Å². The number of methoxy groups -OCH3 is 1. The Morgan fingerprint density at radius 2 is 1.89 bits per heavy atom. The quantitative estimate of drug-likeness (QED) is 0.270. The molecule has 2 aromatic carbocycles. The zero-order chi connectivity index (χ0) is 25.5. The van der Waals surface area contributed by atoms with Crippen molar-refractivity contribution in [1.82, 2.24) is 20.2 Å². The number of aromatic nitrogens is 2. The lowest BCUT2D eigenvalue weighted by atomic mass is 9.97. The van der Waals surface area contributed by atoms with E-state index in [0.717, 1.165) is 28.7 Å². The number of hydrogen-bond acceptors (Lipinski definition) is 6. The number of alkyl carbamates (subject to hydrolysis) is 1. The normalized spacial score (nSPS) is 10.6. The first kappa shape index (κ1) is 25.4. The van der Waals surface area contributed by atoms with Crippen molar-refractivity contribution >= 4 is 23.3 Å². The van der Waals surface area contributed by atoms with E-state index < -0.39 is 6.09 Å². The van der Waals surface area contributed by atoms with Crippen LogP contribution < -0.4 is 11.1 Å². The summed E-state index contributed by atoms with van der Waals surface area (Å²) in [6.45, 7) is 8.39. The number of phenolic OH excluding ortho intramolecular Hbond substituents is 1. The molecule has 1 heterocycles. The molecule has 0 spiro atoms. The van der Waals surface area contributed by atoms with Crippen LogP contribution in [0.1, 0.15) is 31.7 Å². The number of imidazole rings is 1. The molecule has 0 radical (unpaired) electrons. The van der Waals surface area contributed by atoms with Gasteiger partial charge in [0, 0.05) is 17.7 Å². The number of nitrogens with one attached hydrogen (secondary N) is 2. The predicted octanol–water partition coefficient (Wildman–Crippen LogP) is 4.16. The second kappa shape index (κ2) is 11.2. The first-order valence-electron chi connectivity index (χ1n) is 11.3. The highest BCUT2D eigenvalue weighted by atomic mass is 16.5. The Kier molecular flexibility index (Phi) is 8.14. The molecule has 0 saturated carbocycles. The van der Waals surface area contributed by atoms with Gasteiger partial charge >= 0.3 is 6.09 Å². The third kappa shape index (κ3) is 6.00. The number of amides is 2. The highest BCUT2D eigenvalue weighted by Gasteiger charge is 2.18. The zero-order valence-corrected chi connectivity index (χ0v) is 20.2. The average molecular weight is 478 g/mol. The predicted molar refractivity (Wildman–Crippen MR) is 136 cm³/mol. The van der Waals surface area contributed by atoms with Crippen LogP contribution in [0.2, 0.25) is 0 Å². The Labute approximate surface area is 204 Å². The van der Waals surface area contributed by atoms with Crippen molar-refractivity contribution in [2.75, 3.05) is 25.9 Å². The van der Waals surface area contributed by atoms with Crippen molar-refractivity contribution in [3.05, 3.63) is 60.6 Å². The van der Waals surface area contributed by atoms with Crippen LogP contribution in [0.4, 0.5) is 10.5 Å². The van der Waals surface area contributed by atoms with Gasteiger partial charge in [0.05, 0.1) is 31.2 Å². The number of anilines is 1. The molecular weight excluding hydrogens is 446 g/mol. The number of aromatic hydroxyl groups is 1. The fourth-order valence-corrected chi connectivity index (χ4v) is 3.67. The smallest absolute Gasteiger partial charge is 0.407 e. The minimum atomic E-state index is -0.668. The van der Waals surface area contributed by atoms with Gasteiger partial charge in [-0.3, -0.25) is 4.79 Å². The maximum Gasteiger partial charge on any atom is 0.407 e. The van der Waals surface area contributed by atoms with Crippen LogP contribution in [0.3, 0.4) is 0 Å². The number of carbonyl (C=O) groups is 2. The summed E-state index contributed by atoms with van der Waals surface area (Å²) in [5, 5.41) is 13.2. The molecular formula is C26H31N5O4. The summed E-state index contributed by atoms with van der Waals surface area (Å²) < 4.78 is 4.51. The molecule has 0 saturated heterocycles. The van der Waals surface area contributed by atoms with Crippen molar-refractivity contribution in [2.24, 2.45) is 0 Å². The fraction of sp³-hybridized carbons (Fsp3) is 0.269. The zero-order valence-electron chi connectivity index (χ0n) is 20.2. The Hall–Kier alpha value is -4.27. The van der Waals surface area contributed by atoms with Gasteiger partial charge in [-0.1, -0.05) is 49.4 Å². The lowest BCUT2D eigenvalue weighted by Crippen LogP contribution is -2.40. The average Bonchev–Trinajstić information content (AvgIpc) is 3.32. The minimum absolute atomic E-state index is 0.0505. The summed E-state index contributed by atoms with van der Waals surface area (Å²) in [5.41, 5.74) is 11.2. The number of benzene rings is 2. The van der Waals surface area contributed by atoms with Crippen LogP contribution in [0.25, 0.3) is 28.0 Å². The number of phenols is 1. The molecule has 9 nitrogen and oxygen atoms in total. The summed E-state index contributed by atoms with van der Waals surface area (Å²) in [6, 6.07) is 11.4. The molecule has 9 heteroatoms. The van der Waals surface area contributed by atoms with Gasteiger partial charge in [-0.15, -0.1) is 0 Å². The van der Waals surface area contributed by atoms with Crippen LogP contribution in [-0.2, 0) is 16.1 Å². The van der Waals surface area contributed by atoms with Crippen molar-refractivity contribution < 1.29 is 19.4 Å². The molecule has 0 aliphatic rings. The van der Waals surface area contributed by atoms with E-state index >= 15 is 0 Å². The maximum absolute atomic E-state index is 12.5. The summed E-state index contributed by atoms with van der Waals surface area (Å²) >= 11 is 0. The number of carbonyl (C=O) groups excluding carboxylic acids is 2. The molecule has 1 aromatic heterocycles. The van der Waals surface area contributed by atoms with Crippen molar-refractivity contribution in [3.63, 3.8) is 0 Å². The van der Waals surface area contributed by atoms with Gasteiger partial charge in [-0.05, 0) is 30.5 Å². The number of rotatable bonds is 9. The first-order valence-corrected chi connectivity index (χ1v) is 11.3. The molecule has 0 unspecified atom stereocenters. The Balaban J connectivity index is 1.79. The summed E-state index contributed by atoms with van der Waals surface area (Å²) in [7, 11) is 1.24. The molecule has 5 N–H and O–H groups in total. The van der Waals surface area contributed by atoms with Gasteiger partial charge < -0.3 is 30.8 Å². The number of nitrogens with two attached hydrogens (primary N) is 1. The van der Waals surface area contributed by atoms with E-state index in [2.05, 4.69) is 26.6 Å². The molecule has 35 heavy (non-hydrogen) atoms. The van der Waals surface area contributed by atoms with Crippen LogP contribution in [0, 0.1) is 0 Å². The molecule has 3 rings (SSSR count). The Morgan fingerprint density at radius 3 is 2.51 bits per heavy atom. The molecule has 0 aliphatic heterocycles. The number of H-pyrrole nitrogens is 1. The van der Waals surface area contributed by atoms with Crippen LogP contribution >= 0.6 is 0 Å². The molecule has 0 atom stereocenters. The summed E-state index contributed by atoms with van der Waals surface area (Å²) in [5.74, 6) is 0.229. The van der Waals surface area contributed by atoms with Gasteiger partial charge in [0.2, 0.25) is 5.91 Å². The minimum Gasteiger partial charge on any atom is -0.505 e. The summed E-state index contributed by atoms with van der Waals surface area (Å²) in [4.78, 5) is 32.9. The molecule has 3 aromatic rings. The SMILES string of the molecule is C=C(C)c1ccc(-c2ccc(-c3cnc(CN(CCC)C(=O)CNC(=O)OC)[nH]3)c(O)c2N)cc1. The molecule has 0 bridgehead atoms. The van der Waals surface area contributed by atoms with Gasteiger partial charge in [-0.25, -0.2) is 9.78 Å². The largest absolute Gasteiger partial charge is 0.505 e. The third-order valence-corrected chi connectivity index (χ3v) is 5.58. The molecule has 0 fully saturated rings. The number of nitrogens with zero attached hydrogens (tertiary/aromatic N) is 2. The fourth-order valence-electron chi connectivity index (χ4n) is 3.67. The number of nitrogen functional groups attached to an aromatic ring is 1. The lowest BCUT2D eigenvalue weighted by Gasteiger charge is -2.21.